The van der Waals surface area contributed by atoms with E-state index >= 15 is 0 Å². The lowest BCUT2D eigenvalue weighted by atomic mass is 9.89. The van der Waals surface area contributed by atoms with Crippen molar-refractivity contribution in [2.24, 2.45) is 5.92 Å². The van der Waals surface area contributed by atoms with E-state index < -0.39 is 6.61 Å². The summed E-state index contributed by atoms with van der Waals surface area (Å²) in [6.45, 7) is 1.40. The topological polar surface area (TPSA) is 9.23 Å². The van der Waals surface area contributed by atoms with E-state index in [2.05, 4.69) is 4.74 Å². The lowest BCUT2D eigenvalue weighted by Crippen LogP contribution is -2.16. The van der Waals surface area contributed by atoms with Crippen LogP contribution >= 0.6 is 0 Å². The average molecular weight is 214 g/mol. The second kappa shape index (κ2) is 5.81. The van der Waals surface area contributed by atoms with Crippen molar-refractivity contribution in [3.63, 3.8) is 0 Å². The van der Waals surface area contributed by atoms with Crippen molar-refractivity contribution in [1.29, 1.82) is 0 Å². The molecule has 84 valence electrons. The Hall–Kier alpha value is -0.960. The van der Waals surface area contributed by atoms with Crippen LogP contribution in [0.3, 0.4) is 0 Å². The smallest absolute Gasteiger partial charge is 0.322 e. The first kappa shape index (κ1) is 12.1. The van der Waals surface area contributed by atoms with Gasteiger partial charge in [0.05, 0.1) is 6.61 Å². The van der Waals surface area contributed by atoms with Gasteiger partial charge in [-0.15, -0.1) is 0 Å². The summed E-state index contributed by atoms with van der Waals surface area (Å²) >= 11 is 0. The Bertz CT molecular complexity index is 272. The van der Waals surface area contributed by atoms with Crippen molar-refractivity contribution < 1.29 is 13.5 Å². The molecule has 0 aromatic heterocycles. The second-order valence-electron chi connectivity index (χ2n) is 3.86. The van der Waals surface area contributed by atoms with Gasteiger partial charge in [-0.05, 0) is 11.5 Å². The first-order valence-corrected chi connectivity index (χ1v) is 5.06. The summed E-state index contributed by atoms with van der Waals surface area (Å²) in [6.07, 6.45) is 0. The van der Waals surface area contributed by atoms with Crippen molar-refractivity contribution in [3.8, 4) is 0 Å². The van der Waals surface area contributed by atoms with E-state index in [9.17, 15) is 8.78 Å². The Kier molecular flexibility index (Phi) is 4.69. The lowest BCUT2D eigenvalue weighted by molar-refractivity contribution is -0.134. The Balaban J connectivity index is 2.66. The Morgan fingerprint density at radius 3 is 2.20 bits per heavy atom. The van der Waals surface area contributed by atoms with Gasteiger partial charge >= 0.3 is 6.61 Å². The van der Waals surface area contributed by atoms with E-state index in [1.807, 2.05) is 44.2 Å². The SMILES string of the molecule is CC(C)[C@H](COC(F)F)c1ccccc1. The zero-order valence-electron chi connectivity index (χ0n) is 8.99. The van der Waals surface area contributed by atoms with Gasteiger partial charge < -0.3 is 4.74 Å². The fourth-order valence-electron chi connectivity index (χ4n) is 1.55. The number of ether oxygens (including phenoxy) is 1. The van der Waals surface area contributed by atoms with E-state index in [-0.39, 0.29) is 18.4 Å². The Morgan fingerprint density at radius 1 is 1.13 bits per heavy atom. The summed E-state index contributed by atoms with van der Waals surface area (Å²) in [5.74, 6) is 0.311. The van der Waals surface area contributed by atoms with Crippen LogP contribution < -0.4 is 0 Å². The molecule has 3 heteroatoms. The average Bonchev–Trinajstić information content (AvgIpc) is 2.18. The molecule has 0 unspecified atom stereocenters. The maximum Gasteiger partial charge on any atom is 0.345 e. The van der Waals surface area contributed by atoms with Crippen molar-refractivity contribution in [2.75, 3.05) is 6.61 Å². The number of hydrogen-bond donors (Lipinski definition) is 0. The van der Waals surface area contributed by atoms with Crippen LogP contribution in [0.4, 0.5) is 8.78 Å². The summed E-state index contributed by atoms with van der Waals surface area (Å²) in [5.41, 5.74) is 1.05. The molecule has 0 aliphatic rings. The summed E-state index contributed by atoms with van der Waals surface area (Å²) in [5, 5.41) is 0. The summed E-state index contributed by atoms with van der Waals surface area (Å²) in [6, 6.07) is 9.62. The molecular weight excluding hydrogens is 198 g/mol. The largest absolute Gasteiger partial charge is 0.345 e. The molecule has 15 heavy (non-hydrogen) atoms. The third kappa shape index (κ3) is 3.96. The predicted molar refractivity (Wildman–Crippen MR) is 56.0 cm³/mol. The second-order valence-corrected chi connectivity index (χ2v) is 3.86. The van der Waals surface area contributed by atoms with Crippen molar-refractivity contribution >= 4 is 0 Å². The normalized spacial score (nSPS) is 13.5. The van der Waals surface area contributed by atoms with Crippen LogP contribution in [0.5, 0.6) is 0 Å². The van der Waals surface area contributed by atoms with Crippen LogP contribution in [-0.2, 0) is 4.74 Å². The molecule has 0 fully saturated rings. The standard InChI is InChI=1S/C12H16F2O/c1-9(2)11(8-15-12(13)14)10-6-4-3-5-7-10/h3-7,9,11-12H,8H2,1-2H3/t11-/m0/s1. The maximum absolute atomic E-state index is 12.0. The van der Waals surface area contributed by atoms with Gasteiger partial charge in [-0.3, -0.25) is 0 Å². The van der Waals surface area contributed by atoms with Gasteiger partial charge in [0, 0.05) is 5.92 Å². The molecule has 0 aliphatic carbocycles. The van der Waals surface area contributed by atoms with Gasteiger partial charge in [-0.1, -0.05) is 44.2 Å². The van der Waals surface area contributed by atoms with Crippen LogP contribution in [0.1, 0.15) is 25.3 Å². The van der Waals surface area contributed by atoms with Gasteiger partial charge in [0.1, 0.15) is 0 Å². The highest BCUT2D eigenvalue weighted by Crippen LogP contribution is 2.25. The van der Waals surface area contributed by atoms with E-state index in [1.54, 1.807) is 0 Å². The van der Waals surface area contributed by atoms with Gasteiger partial charge in [0.2, 0.25) is 0 Å². The zero-order valence-corrected chi connectivity index (χ0v) is 8.99. The summed E-state index contributed by atoms with van der Waals surface area (Å²) in [4.78, 5) is 0. The first-order chi connectivity index (χ1) is 7.11. The molecule has 0 heterocycles. The number of hydrogen-bond acceptors (Lipinski definition) is 1. The molecule has 0 spiro atoms. The van der Waals surface area contributed by atoms with Crippen LogP contribution in [0, 0.1) is 5.92 Å². The monoisotopic (exact) mass is 214 g/mol. The quantitative estimate of drug-likeness (QED) is 0.726. The molecule has 0 saturated carbocycles. The third-order valence-electron chi connectivity index (χ3n) is 2.43. The van der Waals surface area contributed by atoms with Crippen LogP contribution in [0.2, 0.25) is 0 Å². The van der Waals surface area contributed by atoms with Crippen LogP contribution in [0.15, 0.2) is 30.3 Å². The highest BCUT2D eigenvalue weighted by Gasteiger charge is 2.17. The minimum atomic E-state index is -2.69. The van der Waals surface area contributed by atoms with Crippen molar-refractivity contribution in [1.82, 2.24) is 0 Å². The molecule has 1 aromatic carbocycles. The van der Waals surface area contributed by atoms with E-state index in [4.69, 9.17) is 0 Å². The maximum atomic E-state index is 12.0. The molecule has 0 amide bonds. The Labute approximate surface area is 89.1 Å². The lowest BCUT2D eigenvalue weighted by Gasteiger charge is -2.20. The zero-order chi connectivity index (χ0) is 11.3. The van der Waals surface area contributed by atoms with E-state index in [0.29, 0.717) is 0 Å². The van der Waals surface area contributed by atoms with Gasteiger partial charge in [0.25, 0.3) is 0 Å². The molecule has 1 rings (SSSR count). The summed E-state index contributed by atoms with van der Waals surface area (Å²) < 4.78 is 28.3. The van der Waals surface area contributed by atoms with Gasteiger partial charge in [0.15, 0.2) is 0 Å². The molecule has 0 radical (unpaired) electrons. The van der Waals surface area contributed by atoms with Gasteiger partial charge in [-0.2, -0.15) is 8.78 Å². The fourth-order valence-corrected chi connectivity index (χ4v) is 1.55. The van der Waals surface area contributed by atoms with Crippen LogP contribution in [-0.4, -0.2) is 13.2 Å². The molecule has 1 nitrogen and oxygen atoms in total. The van der Waals surface area contributed by atoms with E-state index in [1.165, 1.54) is 0 Å². The third-order valence-corrected chi connectivity index (χ3v) is 2.43. The molecular formula is C12H16F2O. The summed E-state index contributed by atoms with van der Waals surface area (Å²) in [7, 11) is 0. The Morgan fingerprint density at radius 2 is 1.73 bits per heavy atom. The van der Waals surface area contributed by atoms with Gasteiger partial charge in [-0.25, -0.2) is 0 Å². The highest BCUT2D eigenvalue weighted by molar-refractivity contribution is 5.20. The molecule has 0 N–H and O–H groups in total. The van der Waals surface area contributed by atoms with E-state index in [0.717, 1.165) is 5.56 Å². The molecule has 0 saturated heterocycles. The predicted octanol–water partition coefficient (Wildman–Crippen LogP) is 3.67. The fraction of sp³-hybridized carbons (Fsp3) is 0.500. The van der Waals surface area contributed by atoms with Crippen molar-refractivity contribution in [2.45, 2.75) is 26.4 Å². The minimum Gasteiger partial charge on any atom is -0.322 e. The number of rotatable bonds is 5. The first-order valence-electron chi connectivity index (χ1n) is 5.06. The number of halogens is 2. The molecule has 0 aliphatic heterocycles. The molecule has 1 atom stereocenters. The molecule has 0 bridgehead atoms. The highest BCUT2D eigenvalue weighted by atomic mass is 19.3. The molecule has 1 aromatic rings. The van der Waals surface area contributed by atoms with Crippen molar-refractivity contribution in [3.05, 3.63) is 35.9 Å². The number of benzene rings is 1. The number of alkyl halides is 2. The van der Waals surface area contributed by atoms with Crippen LogP contribution in [0.25, 0.3) is 0 Å². The minimum absolute atomic E-state index is 0.0280.